The van der Waals surface area contributed by atoms with Crippen molar-refractivity contribution in [3.8, 4) is 5.69 Å². The number of benzene rings is 4. The summed E-state index contributed by atoms with van der Waals surface area (Å²) in [7, 11) is 0. The van der Waals surface area contributed by atoms with Crippen LogP contribution in [0.2, 0.25) is 5.02 Å². The van der Waals surface area contributed by atoms with Crippen LogP contribution in [0, 0.1) is 6.92 Å². The Morgan fingerprint density at radius 2 is 1.48 bits per heavy atom. The molecule has 0 fully saturated rings. The van der Waals surface area contributed by atoms with E-state index in [1.807, 2.05) is 59.3 Å². The Hall–Kier alpha value is -4.68. The zero-order valence-electron chi connectivity index (χ0n) is 24.0. The lowest BCUT2D eigenvalue weighted by molar-refractivity contribution is 0.589. The molecule has 7 rings (SSSR count). The topological polar surface area (TPSA) is 57.8 Å². The maximum absolute atomic E-state index is 6.19. The summed E-state index contributed by atoms with van der Waals surface area (Å²) in [6.45, 7) is 8.80. The number of aromatic nitrogens is 2. The fraction of sp³-hybridized carbons (Fsp3) is 0.171. The van der Waals surface area contributed by atoms with E-state index in [0.29, 0.717) is 10.9 Å². The summed E-state index contributed by atoms with van der Waals surface area (Å²) in [5.74, 6) is 2.20. The molecule has 2 aliphatic heterocycles. The summed E-state index contributed by atoms with van der Waals surface area (Å²) in [6, 6.07) is 34.9. The van der Waals surface area contributed by atoms with E-state index in [-0.39, 0.29) is 11.5 Å². The third-order valence-electron chi connectivity index (χ3n) is 7.84. The highest BCUT2D eigenvalue weighted by Gasteiger charge is 2.41. The van der Waals surface area contributed by atoms with Crippen LogP contribution < -0.4 is 10.2 Å². The van der Waals surface area contributed by atoms with Crippen LogP contribution in [0.1, 0.15) is 49.2 Å². The van der Waals surface area contributed by atoms with Crippen molar-refractivity contribution in [1.82, 2.24) is 9.78 Å². The minimum atomic E-state index is -0.169. The minimum Gasteiger partial charge on any atom is -0.337 e. The van der Waals surface area contributed by atoms with Crippen molar-refractivity contribution in [2.75, 3.05) is 10.2 Å². The Kier molecular flexibility index (Phi) is 6.24. The average molecular weight is 571 g/mol. The number of para-hydroxylation sites is 3. The van der Waals surface area contributed by atoms with Gasteiger partial charge >= 0.3 is 0 Å². The summed E-state index contributed by atoms with van der Waals surface area (Å²) >= 11 is 6.19. The molecule has 1 aromatic heterocycles. The Labute approximate surface area is 251 Å². The number of hydrogen-bond acceptors (Lipinski definition) is 5. The number of halogens is 1. The van der Waals surface area contributed by atoms with E-state index in [9.17, 15) is 0 Å². The first-order valence-electron chi connectivity index (χ1n) is 14.1. The molecule has 42 heavy (non-hydrogen) atoms. The quantitative estimate of drug-likeness (QED) is 0.235. The highest BCUT2D eigenvalue weighted by Crippen LogP contribution is 2.48. The van der Waals surface area contributed by atoms with Crippen LogP contribution in [-0.4, -0.2) is 21.5 Å². The second-order valence-corrected chi connectivity index (χ2v) is 12.2. The summed E-state index contributed by atoms with van der Waals surface area (Å²) in [6.07, 6.45) is 0. The van der Waals surface area contributed by atoms with Crippen LogP contribution in [0.25, 0.3) is 5.69 Å². The van der Waals surface area contributed by atoms with E-state index in [1.165, 1.54) is 5.56 Å². The minimum absolute atomic E-state index is 0.0526. The molecule has 208 valence electrons. The number of hydrogen-bond donors (Lipinski definition) is 1. The van der Waals surface area contributed by atoms with Crippen LogP contribution >= 0.6 is 11.6 Å². The number of anilines is 2. The second-order valence-electron chi connectivity index (χ2n) is 11.7. The third kappa shape index (κ3) is 4.48. The Balaban J connectivity index is 1.47. The van der Waals surface area contributed by atoms with Crippen LogP contribution in [0.3, 0.4) is 0 Å². The van der Waals surface area contributed by atoms with Crippen LogP contribution in [0.5, 0.6) is 0 Å². The van der Waals surface area contributed by atoms with Gasteiger partial charge in [-0.25, -0.2) is 14.7 Å². The fourth-order valence-electron chi connectivity index (χ4n) is 5.70. The van der Waals surface area contributed by atoms with Gasteiger partial charge in [0, 0.05) is 16.3 Å². The maximum Gasteiger partial charge on any atom is 0.179 e. The van der Waals surface area contributed by atoms with Gasteiger partial charge in [0.25, 0.3) is 0 Å². The number of nitrogens with one attached hydrogen (secondary N) is 1. The smallest absolute Gasteiger partial charge is 0.179 e. The Morgan fingerprint density at radius 3 is 2.19 bits per heavy atom. The molecule has 3 heterocycles. The van der Waals surface area contributed by atoms with E-state index in [0.717, 1.165) is 51.2 Å². The molecule has 6 nitrogen and oxygen atoms in total. The standard InChI is InChI=1S/C35H31ClN6/c1-22-30-31(23-14-16-24(17-15-23)35(2,3)4)41-29-13-9-8-12-28(29)38-32(37-26-20-18-25(36)19-21-26)34(41)39-33(30)42(40-22)27-10-6-5-7-11-27/h5-21,31H,1-4H3,(H,37,38)/t31-/m0/s1. The lowest BCUT2D eigenvalue weighted by Crippen LogP contribution is -2.46. The molecular weight excluding hydrogens is 540 g/mol. The van der Waals surface area contributed by atoms with Crippen LogP contribution in [0.4, 0.5) is 22.9 Å². The van der Waals surface area contributed by atoms with Crippen molar-refractivity contribution in [3.63, 3.8) is 0 Å². The third-order valence-corrected chi connectivity index (χ3v) is 8.09. The predicted molar refractivity (Wildman–Crippen MR) is 173 cm³/mol. The van der Waals surface area contributed by atoms with Gasteiger partial charge in [0.1, 0.15) is 0 Å². The molecule has 0 bridgehead atoms. The highest BCUT2D eigenvalue weighted by atomic mass is 35.5. The van der Waals surface area contributed by atoms with E-state index in [4.69, 9.17) is 26.7 Å². The second kappa shape index (κ2) is 10.00. The molecule has 0 aliphatic carbocycles. The van der Waals surface area contributed by atoms with Gasteiger partial charge in [-0.3, -0.25) is 0 Å². The first-order chi connectivity index (χ1) is 20.3. The number of rotatable bonds is 3. The van der Waals surface area contributed by atoms with E-state index < -0.39 is 0 Å². The lowest BCUT2D eigenvalue weighted by Gasteiger charge is -2.40. The van der Waals surface area contributed by atoms with Gasteiger partial charge < -0.3 is 10.2 Å². The molecule has 0 spiro atoms. The Bertz CT molecular complexity index is 1850. The lowest BCUT2D eigenvalue weighted by atomic mass is 9.85. The van der Waals surface area contributed by atoms with E-state index in [2.05, 4.69) is 86.4 Å². The molecule has 0 unspecified atom stereocenters. The molecule has 0 saturated carbocycles. The summed E-state index contributed by atoms with van der Waals surface area (Å²) < 4.78 is 1.95. The van der Waals surface area contributed by atoms with Gasteiger partial charge in [-0.1, -0.05) is 87.0 Å². The first-order valence-corrected chi connectivity index (χ1v) is 14.5. The molecule has 0 radical (unpaired) electrons. The molecular formula is C35H31ClN6. The van der Waals surface area contributed by atoms with Gasteiger partial charge in [-0.15, -0.1) is 0 Å². The molecule has 1 N–H and O–H groups in total. The average Bonchev–Trinajstić information content (AvgIpc) is 3.33. The van der Waals surface area contributed by atoms with Crippen LogP contribution in [0.15, 0.2) is 113 Å². The summed E-state index contributed by atoms with van der Waals surface area (Å²) in [4.78, 5) is 12.7. The SMILES string of the molecule is Cc1nn(-c2ccccc2)c2c1[C@H](c1ccc(C(C)(C)C)cc1)N1C(=N2)C(Nc2ccc(Cl)cc2)=Nc2ccccc21. The molecule has 1 atom stereocenters. The predicted octanol–water partition coefficient (Wildman–Crippen LogP) is 8.93. The number of amidine groups is 2. The van der Waals surface area contributed by atoms with Crippen molar-refractivity contribution < 1.29 is 0 Å². The highest BCUT2D eigenvalue weighted by molar-refractivity contribution is 6.51. The van der Waals surface area contributed by atoms with Gasteiger partial charge in [0.2, 0.25) is 0 Å². The van der Waals surface area contributed by atoms with Crippen molar-refractivity contribution in [2.45, 2.75) is 39.2 Å². The van der Waals surface area contributed by atoms with Crippen molar-refractivity contribution in [3.05, 3.63) is 131 Å². The normalized spacial score (nSPS) is 15.7. The fourth-order valence-corrected chi connectivity index (χ4v) is 5.82. The maximum atomic E-state index is 6.19. The monoisotopic (exact) mass is 570 g/mol. The molecule has 0 amide bonds. The molecule has 5 aromatic rings. The Morgan fingerprint density at radius 1 is 0.786 bits per heavy atom. The van der Waals surface area contributed by atoms with Crippen molar-refractivity contribution in [1.29, 1.82) is 0 Å². The number of fused-ring (bicyclic) bond motifs is 4. The summed E-state index contributed by atoms with van der Waals surface area (Å²) in [5.41, 5.74) is 8.24. The molecule has 4 aromatic carbocycles. The van der Waals surface area contributed by atoms with Gasteiger partial charge in [-0.05, 0) is 72.0 Å². The van der Waals surface area contributed by atoms with Crippen molar-refractivity contribution in [2.24, 2.45) is 9.98 Å². The zero-order chi connectivity index (χ0) is 29.0. The van der Waals surface area contributed by atoms with Gasteiger partial charge in [0.05, 0.1) is 28.8 Å². The van der Waals surface area contributed by atoms with Gasteiger partial charge in [0.15, 0.2) is 17.5 Å². The molecule has 0 saturated heterocycles. The van der Waals surface area contributed by atoms with E-state index >= 15 is 0 Å². The van der Waals surface area contributed by atoms with Crippen LogP contribution in [-0.2, 0) is 5.41 Å². The number of nitrogens with zero attached hydrogens (tertiary/aromatic N) is 5. The zero-order valence-corrected chi connectivity index (χ0v) is 24.8. The molecule has 7 heteroatoms. The van der Waals surface area contributed by atoms with E-state index in [1.54, 1.807) is 0 Å². The van der Waals surface area contributed by atoms with Gasteiger partial charge in [-0.2, -0.15) is 5.10 Å². The number of aliphatic imine (C=N–C) groups is 2. The molecule has 2 aliphatic rings. The van der Waals surface area contributed by atoms with Crippen molar-refractivity contribution >= 4 is 46.2 Å². The number of aryl methyl sites for hydroxylation is 1. The first kappa shape index (κ1) is 26.2. The largest absolute Gasteiger partial charge is 0.337 e. The summed E-state index contributed by atoms with van der Waals surface area (Å²) in [5, 5.41) is 9.25.